The number of rotatable bonds is 11. The van der Waals surface area contributed by atoms with E-state index in [0.29, 0.717) is 12.4 Å². The molecule has 0 saturated carbocycles. The van der Waals surface area contributed by atoms with Crippen LogP contribution in [0.1, 0.15) is 18.4 Å². The van der Waals surface area contributed by atoms with Gasteiger partial charge in [-0.2, -0.15) is 0 Å². The smallest absolute Gasteiger partial charge is 0.123 e. The van der Waals surface area contributed by atoms with E-state index >= 15 is 0 Å². The summed E-state index contributed by atoms with van der Waals surface area (Å²) in [6.07, 6.45) is 2.77. The van der Waals surface area contributed by atoms with Crippen molar-refractivity contribution in [3.63, 3.8) is 0 Å². The molecule has 2 aromatic carbocycles. The lowest BCUT2D eigenvalue weighted by molar-refractivity contribution is 0.187. The minimum atomic E-state index is -0.265. The zero-order valence-corrected chi connectivity index (χ0v) is 15.1. The Labute approximate surface area is 154 Å². The van der Waals surface area contributed by atoms with Crippen LogP contribution < -0.4 is 4.74 Å². The van der Waals surface area contributed by atoms with E-state index in [1.807, 2.05) is 12.1 Å². The molecule has 0 bridgehead atoms. The van der Waals surface area contributed by atoms with Gasteiger partial charge in [-0.25, -0.2) is 4.39 Å². The minimum Gasteiger partial charge on any atom is -0.492 e. The molecule has 2 aromatic rings. The number of ether oxygens (including phenoxy) is 1. The molecule has 1 N–H and O–H groups in total. The summed E-state index contributed by atoms with van der Waals surface area (Å²) in [4.78, 5) is 2.29. The van der Waals surface area contributed by atoms with Crippen LogP contribution in [0.3, 0.4) is 0 Å². The van der Waals surface area contributed by atoms with E-state index in [-0.39, 0.29) is 12.4 Å². The first-order chi connectivity index (χ1) is 12.2. The highest BCUT2D eigenvalue weighted by atomic mass is 35.5. The van der Waals surface area contributed by atoms with Crippen molar-refractivity contribution in [1.29, 1.82) is 0 Å². The number of halogens is 2. The molecule has 136 valence electrons. The van der Waals surface area contributed by atoms with Crippen LogP contribution in [0.5, 0.6) is 5.75 Å². The largest absolute Gasteiger partial charge is 0.492 e. The molecule has 0 spiro atoms. The van der Waals surface area contributed by atoms with Crippen LogP contribution in [-0.2, 0) is 6.42 Å². The molecule has 25 heavy (non-hydrogen) atoms. The van der Waals surface area contributed by atoms with Gasteiger partial charge in [0.25, 0.3) is 0 Å². The van der Waals surface area contributed by atoms with Gasteiger partial charge in [0, 0.05) is 24.7 Å². The minimum absolute atomic E-state index is 0.187. The molecule has 0 aliphatic carbocycles. The van der Waals surface area contributed by atoms with Gasteiger partial charge in [-0.15, -0.1) is 0 Å². The number of hydrogen-bond donors (Lipinski definition) is 1. The van der Waals surface area contributed by atoms with E-state index in [9.17, 15) is 4.39 Å². The highest BCUT2D eigenvalue weighted by molar-refractivity contribution is 6.30. The van der Waals surface area contributed by atoms with Crippen LogP contribution in [0.25, 0.3) is 0 Å². The normalized spacial score (nSPS) is 11.0. The quantitative estimate of drug-likeness (QED) is 0.648. The predicted octanol–water partition coefficient (Wildman–Crippen LogP) is 4.18. The molecule has 0 aliphatic rings. The highest BCUT2D eigenvalue weighted by Gasteiger charge is 2.06. The van der Waals surface area contributed by atoms with E-state index in [4.69, 9.17) is 21.4 Å². The summed E-state index contributed by atoms with van der Waals surface area (Å²) in [7, 11) is 0. The first-order valence-electron chi connectivity index (χ1n) is 8.63. The van der Waals surface area contributed by atoms with E-state index < -0.39 is 0 Å². The van der Waals surface area contributed by atoms with Gasteiger partial charge < -0.3 is 9.84 Å². The van der Waals surface area contributed by atoms with Gasteiger partial charge in [-0.05, 0) is 67.8 Å². The molecule has 3 nitrogen and oxygen atoms in total. The van der Waals surface area contributed by atoms with E-state index in [0.717, 1.165) is 43.9 Å². The van der Waals surface area contributed by atoms with Gasteiger partial charge in [0.2, 0.25) is 0 Å². The van der Waals surface area contributed by atoms with Crippen LogP contribution in [0.4, 0.5) is 4.39 Å². The fourth-order valence-corrected chi connectivity index (χ4v) is 2.74. The van der Waals surface area contributed by atoms with Crippen molar-refractivity contribution < 1.29 is 14.2 Å². The summed E-state index contributed by atoms with van der Waals surface area (Å²) < 4.78 is 18.5. The van der Waals surface area contributed by atoms with Crippen LogP contribution >= 0.6 is 11.6 Å². The molecule has 0 radical (unpaired) electrons. The molecule has 0 saturated heterocycles. The Kier molecular flexibility index (Phi) is 8.73. The fraction of sp³-hybridized carbons (Fsp3) is 0.400. The second-order valence-electron chi connectivity index (χ2n) is 5.95. The second kappa shape index (κ2) is 11.1. The van der Waals surface area contributed by atoms with Gasteiger partial charge >= 0.3 is 0 Å². The number of nitrogens with zero attached hydrogens (tertiary/aromatic N) is 1. The zero-order valence-electron chi connectivity index (χ0n) is 14.3. The molecule has 0 amide bonds. The maximum atomic E-state index is 12.9. The van der Waals surface area contributed by atoms with Gasteiger partial charge in [-0.1, -0.05) is 23.7 Å². The molecule has 0 heterocycles. The molecule has 5 heteroatoms. The first kappa shape index (κ1) is 19.7. The third-order valence-corrected chi connectivity index (χ3v) is 4.23. The van der Waals surface area contributed by atoms with Crippen molar-refractivity contribution in [3.05, 3.63) is 64.9 Å². The summed E-state index contributed by atoms with van der Waals surface area (Å²) in [6.45, 7) is 3.28. The van der Waals surface area contributed by atoms with Crippen molar-refractivity contribution in [2.45, 2.75) is 19.3 Å². The zero-order chi connectivity index (χ0) is 17.9. The predicted molar refractivity (Wildman–Crippen MR) is 99.8 cm³/mol. The van der Waals surface area contributed by atoms with Gasteiger partial charge in [-0.3, -0.25) is 4.90 Å². The Morgan fingerprint density at radius 3 is 2.28 bits per heavy atom. The van der Waals surface area contributed by atoms with Crippen LogP contribution in [0.2, 0.25) is 5.02 Å². The average molecular weight is 366 g/mol. The third kappa shape index (κ3) is 7.86. The monoisotopic (exact) mass is 365 g/mol. The molecule has 0 aliphatic heterocycles. The van der Waals surface area contributed by atoms with Crippen LogP contribution in [-0.4, -0.2) is 42.9 Å². The van der Waals surface area contributed by atoms with Crippen LogP contribution in [0, 0.1) is 5.82 Å². The number of hydrogen-bond acceptors (Lipinski definition) is 3. The Balaban J connectivity index is 1.73. The lowest BCUT2D eigenvalue weighted by Crippen LogP contribution is -2.31. The maximum Gasteiger partial charge on any atom is 0.123 e. The highest BCUT2D eigenvalue weighted by Crippen LogP contribution is 2.12. The Hall–Kier alpha value is -1.62. The van der Waals surface area contributed by atoms with Gasteiger partial charge in [0.05, 0.1) is 0 Å². The first-order valence-corrected chi connectivity index (χ1v) is 9.01. The van der Waals surface area contributed by atoms with E-state index in [1.54, 1.807) is 12.1 Å². The van der Waals surface area contributed by atoms with Crippen molar-refractivity contribution in [2.24, 2.45) is 0 Å². The summed E-state index contributed by atoms with van der Waals surface area (Å²) >= 11 is 5.90. The lowest BCUT2D eigenvalue weighted by atomic mass is 10.1. The maximum absolute atomic E-state index is 12.9. The lowest BCUT2D eigenvalue weighted by Gasteiger charge is -2.22. The summed E-state index contributed by atoms with van der Waals surface area (Å²) in [5.74, 6) is 0.406. The second-order valence-corrected chi connectivity index (χ2v) is 6.39. The number of benzene rings is 2. The standard InChI is InChI=1S/C20H25ClFNO2/c21-18-6-4-17(5-7-18)3-1-12-23(13-2-15-24)14-16-25-20-10-8-19(22)9-11-20/h4-11,24H,1-3,12-16H2. The van der Waals surface area contributed by atoms with Gasteiger partial charge in [0.1, 0.15) is 18.2 Å². The van der Waals surface area contributed by atoms with Crippen LogP contribution in [0.15, 0.2) is 48.5 Å². The van der Waals surface area contributed by atoms with Crippen molar-refractivity contribution in [3.8, 4) is 5.75 Å². The Morgan fingerprint density at radius 1 is 0.920 bits per heavy atom. The SMILES string of the molecule is OCCCN(CCCc1ccc(Cl)cc1)CCOc1ccc(F)cc1. The van der Waals surface area contributed by atoms with E-state index in [1.165, 1.54) is 17.7 Å². The molecular weight excluding hydrogens is 341 g/mol. The third-order valence-electron chi connectivity index (χ3n) is 3.98. The van der Waals surface area contributed by atoms with Crippen molar-refractivity contribution in [1.82, 2.24) is 4.90 Å². The Bertz CT molecular complexity index is 553. The van der Waals surface area contributed by atoms with Crippen molar-refractivity contribution in [2.75, 3.05) is 32.8 Å². The van der Waals surface area contributed by atoms with E-state index in [2.05, 4.69) is 17.0 Å². The molecule has 0 aromatic heterocycles. The summed E-state index contributed by atoms with van der Waals surface area (Å²) in [5, 5.41) is 9.82. The Morgan fingerprint density at radius 2 is 1.60 bits per heavy atom. The van der Waals surface area contributed by atoms with Gasteiger partial charge in [0.15, 0.2) is 0 Å². The molecule has 0 unspecified atom stereocenters. The molecule has 2 rings (SSSR count). The summed E-state index contributed by atoms with van der Waals surface area (Å²) in [6, 6.07) is 14.0. The topological polar surface area (TPSA) is 32.7 Å². The number of aliphatic hydroxyl groups excluding tert-OH is 1. The van der Waals surface area contributed by atoms with Crippen molar-refractivity contribution >= 4 is 11.6 Å². The average Bonchev–Trinajstić information content (AvgIpc) is 2.62. The molecule has 0 atom stereocenters. The summed E-state index contributed by atoms with van der Waals surface area (Å²) in [5.41, 5.74) is 1.27. The molecular formula is C20H25ClFNO2. The number of aliphatic hydroxyl groups is 1. The molecule has 0 fully saturated rings. The fourth-order valence-electron chi connectivity index (χ4n) is 2.61. The number of aryl methyl sites for hydroxylation is 1.